The Morgan fingerprint density at radius 2 is 1.95 bits per heavy atom. The van der Waals surface area contributed by atoms with Gasteiger partial charge in [0.25, 0.3) is 0 Å². The van der Waals surface area contributed by atoms with Crippen LogP contribution in [0.2, 0.25) is 0 Å². The van der Waals surface area contributed by atoms with Gasteiger partial charge in [-0.3, -0.25) is 9.59 Å². The van der Waals surface area contributed by atoms with E-state index in [2.05, 4.69) is 15.9 Å². The topological polar surface area (TPSA) is 63.6 Å². The fourth-order valence-electron chi connectivity index (χ4n) is 1.85. The third kappa shape index (κ3) is 4.67. The van der Waals surface area contributed by atoms with Crippen LogP contribution in [0.25, 0.3) is 0 Å². The number of rotatable bonds is 6. The molecule has 1 N–H and O–H groups in total. The first kappa shape index (κ1) is 15.7. The van der Waals surface area contributed by atoms with Crippen LogP contribution < -0.4 is 4.74 Å². The molecule has 104 valence electrons. The van der Waals surface area contributed by atoms with E-state index in [0.29, 0.717) is 15.8 Å². The van der Waals surface area contributed by atoms with Crippen molar-refractivity contribution in [2.75, 3.05) is 7.11 Å². The predicted molar refractivity (Wildman–Crippen MR) is 75.7 cm³/mol. The van der Waals surface area contributed by atoms with E-state index in [4.69, 9.17) is 9.84 Å². The van der Waals surface area contributed by atoms with Crippen LogP contribution in [0.15, 0.2) is 22.7 Å². The molecule has 0 spiro atoms. The Hall–Kier alpha value is -1.36. The van der Waals surface area contributed by atoms with E-state index < -0.39 is 11.4 Å². The Bertz CT molecular complexity index is 494. The van der Waals surface area contributed by atoms with Crippen LogP contribution in [-0.4, -0.2) is 24.0 Å². The van der Waals surface area contributed by atoms with Crippen molar-refractivity contribution in [3.8, 4) is 5.75 Å². The van der Waals surface area contributed by atoms with Gasteiger partial charge in [0.15, 0.2) is 5.78 Å². The predicted octanol–water partition coefficient (Wildman–Crippen LogP) is 3.53. The Morgan fingerprint density at radius 1 is 1.32 bits per heavy atom. The molecule has 4 nitrogen and oxygen atoms in total. The van der Waals surface area contributed by atoms with Gasteiger partial charge in [-0.2, -0.15) is 0 Å². The summed E-state index contributed by atoms with van der Waals surface area (Å²) >= 11 is 3.33. The van der Waals surface area contributed by atoms with Crippen LogP contribution >= 0.6 is 15.9 Å². The number of methoxy groups -OCH3 is 1. The first-order valence-electron chi connectivity index (χ1n) is 5.84. The number of Topliss-reactive ketones (excluding diaryl/α,β-unsaturated/α-hetero) is 1. The SMILES string of the molecule is COc1ccc(C(=O)CC(C)(C)CC(=O)O)c(Br)c1. The van der Waals surface area contributed by atoms with Crippen LogP contribution in [-0.2, 0) is 4.79 Å². The highest BCUT2D eigenvalue weighted by Crippen LogP contribution is 2.30. The van der Waals surface area contributed by atoms with Crippen LogP contribution in [0.4, 0.5) is 0 Å². The second-order valence-corrected chi connectivity index (χ2v) is 6.03. The monoisotopic (exact) mass is 328 g/mol. The molecule has 0 radical (unpaired) electrons. The summed E-state index contributed by atoms with van der Waals surface area (Å²) in [6, 6.07) is 5.11. The molecular weight excluding hydrogens is 312 g/mol. The van der Waals surface area contributed by atoms with Gasteiger partial charge in [0.05, 0.1) is 13.5 Å². The van der Waals surface area contributed by atoms with Gasteiger partial charge in [0.2, 0.25) is 0 Å². The summed E-state index contributed by atoms with van der Waals surface area (Å²) in [4.78, 5) is 22.9. The van der Waals surface area contributed by atoms with E-state index in [9.17, 15) is 9.59 Å². The smallest absolute Gasteiger partial charge is 0.303 e. The normalized spacial score (nSPS) is 11.2. The summed E-state index contributed by atoms with van der Waals surface area (Å²) in [6.45, 7) is 3.55. The molecule has 0 bridgehead atoms. The lowest BCUT2D eigenvalue weighted by Crippen LogP contribution is -2.21. The lowest BCUT2D eigenvalue weighted by molar-refractivity contribution is -0.139. The molecule has 0 saturated heterocycles. The van der Waals surface area contributed by atoms with Crippen molar-refractivity contribution in [3.05, 3.63) is 28.2 Å². The fourth-order valence-corrected chi connectivity index (χ4v) is 2.43. The van der Waals surface area contributed by atoms with Gasteiger partial charge >= 0.3 is 5.97 Å². The minimum atomic E-state index is -0.897. The van der Waals surface area contributed by atoms with Gasteiger partial charge < -0.3 is 9.84 Å². The van der Waals surface area contributed by atoms with E-state index >= 15 is 0 Å². The Morgan fingerprint density at radius 3 is 2.42 bits per heavy atom. The molecule has 0 aromatic heterocycles. The van der Waals surface area contributed by atoms with Gasteiger partial charge in [-0.05, 0) is 39.5 Å². The van der Waals surface area contributed by atoms with Crippen molar-refractivity contribution in [2.24, 2.45) is 5.41 Å². The molecule has 1 aromatic rings. The van der Waals surface area contributed by atoms with Crippen LogP contribution in [0.3, 0.4) is 0 Å². The van der Waals surface area contributed by atoms with Crippen molar-refractivity contribution >= 4 is 27.7 Å². The molecule has 0 saturated carbocycles. The number of carboxylic acid groups (broad SMARTS) is 1. The molecule has 19 heavy (non-hydrogen) atoms. The second-order valence-electron chi connectivity index (χ2n) is 5.18. The summed E-state index contributed by atoms with van der Waals surface area (Å²) in [5.41, 5.74) is -0.0262. The number of aliphatic carboxylic acids is 1. The maximum Gasteiger partial charge on any atom is 0.303 e. The van der Waals surface area contributed by atoms with Crippen molar-refractivity contribution < 1.29 is 19.4 Å². The van der Waals surface area contributed by atoms with E-state index in [1.165, 1.54) is 0 Å². The number of ketones is 1. The second kappa shape index (κ2) is 6.19. The summed E-state index contributed by atoms with van der Waals surface area (Å²) in [6.07, 6.45) is 0.150. The summed E-state index contributed by atoms with van der Waals surface area (Å²) in [5, 5.41) is 8.82. The molecule has 0 aliphatic rings. The first-order valence-corrected chi connectivity index (χ1v) is 6.63. The van der Waals surface area contributed by atoms with Crippen molar-refractivity contribution in [1.29, 1.82) is 0 Å². The molecule has 5 heteroatoms. The third-order valence-corrected chi connectivity index (χ3v) is 3.40. The zero-order valence-electron chi connectivity index (χ0n) is 11.2. The number of hydrogen-bond acceptors (Lipinski definition) is 3. The fraction of sp³-hybridized carbons (Fsp3) is 0.429. The maximum absolute atomic E-state index is 12.2. The molecule has 0 amide bonds. The van der Waals surface area contributed by atoms with E-state index in [-0.39, 0.29) is 18.6 Å². The quantitative estimate of drug-likeness (QED) is 0.811. The lowest BCUT2D eigenvalue weighted by Gasteiger charge is -2.21. The average Bonchev–Trinajstić information content (AvgIpc) is 2.25. The molecule has 1 aromatic carbocycles. The third-order valence-electron chi connectivity index (χ3n) is 2.75. The average molecular weight is 329 g/mol. The molecule has 0 aliphatic heterocycles. The van der Waals surface area contributed by atoms with Gasteiger partial charge in [-0.15, -0.1) is 0 Å². The van der Waals surface area contributed by atoms with Crippen LogP contribution in [0.5, 0.6) is 5.75 Å². The first-order chi connectivity index (χ1) is 8.75. The highest BCUT2D eigenvalue weighted by Gasteiger charge is 2.26. The summed E-state index contributed by atoms with van der Waals surface area (Å²) < 4.78 is 5.72. The summed E-state index contributed by atoms with van der Waals surface area (Å²) in [7, 11) is 1.55. The van der Waals surface area contributed by atoms with Crippen molar-refractivity contribution in [1.82, 2.24) is 0 Å². The Balaban J connectivity index is 2.86. The largest absolute Gasteiger partial charge is 0.497 e. The molecular formula is C14H17BrO4. The van der Waals surface area contributed by atoms with Gasteiger partial charge in [0, 0.05) is 16.5 Å². The highest BCUT2D eigenvalue weighted by molar-refractivity contribution is 9.10. The van der Waals surface area contributed by atoms with Gasteiger partial charge in [0.1, 0.15) is 5.75 Å². The van der Waals surface area contributed by atoms with Crippen LogP contribution in [0.1, 0.15) is 37.0 Å². The highest BCUT2D eigenvalue weighted by atomic mass is 79.9. The number of benzene rings is 1. The number of ether oxygens (including phenoxy) is 1. The lowest BCUT2D eigenvalue weighted by atomic mass is 9.82. The Kier molecular flexibility index (Phi) is 5.11. The Labute approximate surface area is 120 Å². The van der Waals surface area contributed by atoms with Gasteiger partial charge in [-0.1, -0.05) is 13.8 Å². The van der Waals surface area contributed by atoms with Crippen molar-refractivity contribution in [2.45, 2.75) is 26.7 Å². The molecule has 0 aliphatic carbocycles. The summed E-state index contributed by atoms with van der Waals surface area (Å²) in [5.74, 6) is -0.319. The number of carboxylic acids is 1. The zero-order valence-corrected chi connectivity index (χ0v) is 12.8. The van der Waals surface area contributed by atoms with E-state index in [0.717, 1.165) is 0 Å². The van der Waals surface area contributed by atoms with E-state index in [1.807, 2.05) is 0 Å². The number of carbonyl (C=O) groups excluding carboxylic acids is 1. The number of hydrogen-bond donors (Lipinski definition) is 1. The van der Waals surface area contributed by atoms with Crippen LogP contribution in [0, 0.1) is 5.41 Å². The van der Waals surface area contributed by atoms with Gasteiger partial charge in [-0.25, -0.2) is 0 Å². The number of carbonyl (C=O) groups is 2. The zero-order chi connectivity index (χ0) is 14.6. The molecule has 0 atom stereocenters. The molecule has 0 heterocycles. The minimum absolute atomic E-state index is 0.0352. The van der Waals surface area contributed by atoms with E-state index in [1.54, 1.807) is 39.2 Å². The molecule has 1 rings (SSSR count). The van der Waals surface area contributed by atoms with Crippen molar-refractivity contribution in [3.63, 3.8) is 0 Å². The maximum atomic E-state index is 12.2. The molecule has 0 fully saturated rings. The standard InChI is InChI=1S/C14H17BrO4/c1-14(2,8-13(17)18)7-12(16)10-5-4-9(19-3)6-11(10)15/h4-6H,7-8H2,1-3H3,(H,17,18). The minimum Gasteiger partial charge on any atom is -0.497 e. The molecule has 0 unspecified atom stereocenters. The number of halogens is 1.